The van der Waals surface area contributed by atoms with Gasteiger partial charge in [-0.15, -0.1) is 0 Å². The number of amides is 2. The molecular formula is C24H21Cl2N3O3. The fourth-order valence-electron chi connectivity index (χ4n) is 2.73. The number of carbonyl (C=O) groups excluding carboxylic acids is 2. The monoisotopic (exact) mass is 469 g/mol. The molecule has 164 valence electrons. The molecule has 3 aromatic carbocycles. The molecule has 32 heavy (non-hydrogen) atoms. The molecule has 0 spiro atoms. The summed E-state index contributed by atoms with van der Waals surface area (Å²) < 4.78 is 5.73. The Bertz CT molecular complexity index is 1120. The van der Waals surface area contributed by atoms with Crippen LogP contribution in [0.1, 0.15) is 29.3 Å². The minimum absolute atomic E-state index is 0.0148. The van der Waals surface area contributed by atoms with Crippen LogP contribution in [0.4, 0.5) is 5.69 Å². The maximum absolute atomic E-state index is 12.3. The molecule has 0 aliphatic rings. The minimum Gasteiger partial charge on any atom is -0.489 e. The number of nitrogens with zero attached hydrogens (tertiary/aromatic N) is 1. The van der Waals surface area contributed by atoms with Crippen LogP contribution in [-0.2, 0) is 11.4 Å². The van der Waals surface area contributed by atoms with Gasteiger partial charge in [-0.25, -0.2) is 5.43 Å². The van der Waals surface area contributed by atoms with Gasteiger partial charge in [0, 0.05) is 16.4 Å². The lowest BCUT2D eigenvalue weighted by atomic mass is 10.2. The van der Waals surface area contributed by atoms with Crippen LogP contribution < -0.4 is 15.5 Å². The first-order valence-electron chi connectivity index (χ1n) is 9.76. The van der Waals surface area contributed by atoms with Gasteiger partial charge in [-0.3, -0.25) is 9.59 Å². The quantitative estimate of drug-likeness (QED) is 0.327. The summed E-state index contributed by atoms with van der Waals surface area (Å²) in [7, 11) is 0. The number of benzene rings is 3. The van der Waals surface area contributed by atoms with Gasteiger partial charge in [0.05, 0.1) is 17.0 Å². The molecule has 0 saturated heterocycles. The second-order valence-electron chi connectivity index (χ2n) is 6.94. The molecule has 0 aliphatic heterocycles. The number of hydrogen-bond acceptors (Lipinski definition) is 4. The Kier molecular flexibility index (Phi) is 8.25. The summed E-state index contributed by atoms with van der Waals surface area (Å²) in [4.78, 5) is 24.4. The summed E-state index contributed by atoms with van der Waals surface area (Å²) in [6, 6.07) is 21.5. The fraction of sp³-hybridized carbons (Fsp3) is 0.125. The highest BCUT2D eigenvalue weighted by Crippen LogP contribution is 2.21. The van der Waals surface area contributed by atoms with Crippen molar-refractivity contribution in [1.29, 1.82) is 0 Å². The molecule has 8 heteroatoms. The number of hydrogen-bond donors (Lipinski definition) is 2. The first-order chi connectivity index (χ1) is 15.4. The summed E-state index contributed by atoms with van der Waals surface area (Å²) in [6.07, 6.45) is 0.0148. The Morgan fingerprint density at radius 2 is 1.69 bits per heavy atom. The van der Waals surface area contributed by atoms with Gasteiger partial charge in [-0.1, -0.05) is 53.5 Å². The molecule has 0 radical (unpaired) electrons. The lowest BCUT2D eigenvalue weighted by Crippen LogP contribution is -2.21. The number of ether oxygens (including phenoxy) is 1. The van der Waals surface area contributed by atoms with Crippen molar-refractivity contribution in [3.8, 4) is 5.75 Å². The summed E-state index contributed by atoms with van der Waals surface area (Å²) in [5, 5.41) is 7.39. The Labute approximate surface area is 196 Å². The number of halogens is 2. The predicted octanol–water partition coefficient (Wildman–Crippen LogP) is 5.71. The highest BCUT2D eigenvalue weighted by Gasteiger charge is 2.11. The van der Waals surface area contributed by atoms with Gasteiger partial charge >= 0.3 is 0 Å². The van der Waals surface area contributed by atoms with E-state index in [1.54, 1.807) is 37.3 Å². The van der Waals surface area contributed by atoms with Crippen molar-refractivity contribution in [2.75, 3.05) is 5.32 Å². The molecule has 0 saturated carbocycles. The zero-order valence-corrected chi connectivity index (χ0v) is 18.8. The van der Waals surface area contributed by atoms with E-state index in [2.05, 4.69) is 15.8 Å². The Balaban J connectivity index is 1.47. The molecule has 0 aromatic heterocycles. The molecule has 3 rings (SSSR count). The Morgan fingerprint density at radius 1 is 0.969 bits per heavy atom. The van der Waals surface area contributed by atoms with Crippen molar-refractivity contribution < 1.29 is 14.3 Å². The van der Waals surface area contributed by atoms with Gasteiger partial charge in [0.1, 0.15) is 12.4 Å². The normalized spacial score (nSPS) is 11.0. The summed E-state index contributed by atoms with van der Waals surface area (Å²) >= 11 is 11.8. The van der Waals surface area contributed by atoms with E-state index in [1.165, 1.54) is 12.1 Å². The second-order valence-corrected chi connectivity index (χ2v) is 7.78. The summed E-state index contributed by atoms with van der Waals surface area (Å²) in [5.41, 5.74) is 4.77. The highest BCUT2D eigenvalue weighted by atomic mass is 35.5. The Hall–Kier alpha value is -3.35. The van der Waals surface area contributed by atoms with Gasteiger partial charge in [0.2, 0.25) is 5.91 Å². The van der Waals surface area contributed by atoms with E-state index in [1.807, 2.05) is 30.3 Å². The molecule has 0 fully saturated rings. The summed E-state index contributed by atoms with van der Waals surface area (Å²) in [5.74, 6) is -0.0475. The number of rotatable bonds is 8. The van der Waals surface area contributed by atoms with Gasteiger partial charge in [-0.2, -0.15) is 5.10 Å². The topological polar surface area (TPSA) is 79.8 Å². The van der Waals surface area contributed by atoms with E-state index < -0.39 is 5.91 Å². The smallest absolute Gasteiger partial charge is 0.272 e. The third-order valence-electron chi connectivity index (χ3n) is 4.33. The molecule has 3 aromatic rings. The number of anilines is 1. The van der Waals surface area contributed by atoms with Crippen molar-refractivity contribution >= 4 is 46.4 Å². The van der Waals surface area contributed by atoms with Gasteiger partial charge in [-0.05, 0) is 55.0 Å². The SMILES string of the molecule is CC(CC(=O)Nc1ccc(OCc2ccccc2)cc1)=NNC(=O)c1ccc(Cl)cc1Cl. The van der Waals surface area contributed by atoms with Crippen molar-refractivity contribution in [3.63, 3.8) is 0 Å². The molecule has 0 atom stereocenters. The first kappa shape index (κ1) is 23.3. The van der Waals surface area contributed by atoms with Crippen LogP contribution in [-0.4, -0.2) is 17.5 Å². The van der Waals surface area contributed by atoms with Crippen LogP contribution >= 0.6 is 23.2 Å². The third kappa shape index (κ3) is 7.11. The van der Waals surface area contributed by atoms with Crippen molar-refractivity contribution in [2.24, 2.45) is 5.10 Å². The standard InChI is InChI=1S/C24H21Cl2N3O3/c1-16(28-29-24(31)21-12-7-18(25)14-22(21)26)13-23(30)27-19-8-10-20(11-9-19)32-15-17-5-3-2-4-6-17/h2-12,14H,13,15H2,1H3,(H,27,30)(H,29,31). The van der Waals surface area contributed by atoms with E-state index in [0.29, 0.717) is 28.8 Å². The third-order valence-corrected chi connectivity index (χ3v) is 4.87. The van der Waals surface area contributed by atoms with E-state index in [9.17, 15) is 9.59 Å². The highest BCUT2D eigenvalue weighted by molar-refractivity contribution is 6.36. The van der Waals surface area contributed by atoms with Crippen molar-refractivity contribution in [1.82, 2.24) is 5.43 Å². The van der Waals surface area contributed by atoms with Crippen LogP contribution in [0.15, 0.2) is 77.9 Å². The maximum Gasteiger partial charge on any atom is 0.272 e. The number of hydrazone groups is 1. The van der Waals surface area contributed by atoms with Crippen molar-refractivity contribution in [3.05, 3.63) is 94.0 Å². The molecule has 2 N–H and O–H groups in total. The first-order valence-corrected chi connectivity index (χ1v) is 10.5. The minimum atomic E-state index is -0.488. The van der Waals surface area contributed by atoms with E-state index in [0.717, 1.165) is 5.56 Å². The van der Waals surface area contributed by atoms with Crippen LogP contribution in [0.5, 0.6) is 5.75 Å². The predicted molar refractivity (Wildman–Crippen MR) is 127 cm³/mol. The van der Waals surface area contributed by atoms with Crippen LogP contribution in [0.25, 0.3) is 0 Å². The van der Waals surface area contributed by atoms with Gasteiger partial charge in [0.25, 0.3) is 5.91 Å². The summed E-state index contributed by atoms with van der Waals surface area (Å²) in [6.45, 7) is 2.11. The average Bonchev–Trinajstić information content (AvgIpc) is 2.77. The Morgan fingerprint density at radius 3 is 2.38 bits per heavy atom. The zero-order valence-electron chi connectivity index (χ0n) is 17.3. The van der Waals surface area contributed by atoms with Crippen molar-refractivity contribution in [2.45, 2.75) is 20.0 Å². The lowest BCUT2D eigenvalue weighted by molar-refractivity contribution is -0.115. The molecule has 6 nitrogen and oxygen atoms in total. The van der Waals surface area contributed by atoms with Crippen LogP contribution in [0, 0.1) is 0 Å². The maximum atomic E-state index is 12.3. The van der Waals surface area contributed by atoms with Gasteiger partial charge < -0.3 is 10.1 Å². The molecule has 0 bridgehead atoms. The van der Waals surface area contributed by atoms with E-state index >= 15 is 0 Å². The number of carbonyl (C=O) groups is 2. The van der Waals surface area contributed by atoms with Crippen LogP contribution in [0.3, 0.4) is 0 Å². The lowest BCUT2D eigenvalue weighted by Gasteiger charge is -2.09. The largest absolute Gasteiger partial charge is 0.489 e. The average molecular weight is 470 g/mol. The van der Waals surface area contributed by atoms with Crippen LogP contribution in [0.2, 0.25) is 10.0 Å². The molecule has 2 amide bonds. The molecule has 0 heterocycles. The van der Waals surface area contributed by atoms with Gasteiger partial charge in [0.15, 0.2) is 0 Å². The number of nitrogens with one attached hydrogen (secondary N) is 2. The zero-order chi connectivity index (χ0) is 22.9. The molecule has 0 aliphatic carbocycles. The second kappa shape index (κ2) is 11.3. The molecular weight excluding hydrogens is 449 g/mol. The fourth-order valence-corrected chi connectivity index (χ4v) is 3.23. The van der Waals surface area contributed by atoms with E-state index in [-0.39, 0.29) is 22.9 Å². The molecule has 0 unspecified atom stereocenters. The van der Waals surface area contributed by atoms with E-state index in [4.69, 9.17) is 27.9 Å².